The molecule has 0 unspecified atom stereocenters. The van der Waals surface area contributed by atoms with Crippen LogP contribution in [0.1, 0.15) is 5.56 Å². The molecule has 0 N–H and O–H groups in total. The van der Waals surface area contributed by atoms with Gasteiger partial charge in [-0.15, -0.1) is 0 Å². The van der Waals surface area contributed by atoms with Crippen LogP contribution in [0.2, 0.25) is 13.1 Å². The van der Waals surface area contributed by atoms with Crippen molar-refractivity contribution in [3.63, 3.8) is 0 Å². The maximum atomic E-state index is 4.92. The van der Waals surface area contributed by atoms with Crippen molar-refractivity contribution in [2.24, 2.45) is 0 Å². The summed E-state index contributed by atoms with van der Waals surface area (Å²) in [5.41, 5.74) is 6.95. The summed E-state index contributed by atoms with van der Waals surface area (Å²) in [6.45, 7) is 7.00. The van der Waals surface area contributed by atoms with E-state index in [1.807, 2.05) is 60.7 Å². The molecule has 0 radical (unpaired) electrons. The molecule has 0 aliphatic carbocycles. The molecule has 2 heterocycles. The first-order valence-corrected chi connectivity index (χ1v) is 15.6. The van der Waals surface area contributed by atoms with Crippen LogP contribution in [-0.4, -0.2) is 28.3 Å². The molecule has 6 aromatic rings. The highest BCUT2D eigenvalue weighted by Crippen LogP contribution is 2.31. The Bertz CT molecular complexity index is 1650. The first-order chi connectivity index (χ1) is 18.1. The third-order valence-electron chi connectivity index (χ3n) is 6.92. The second kappa shape index (κ2) is 9.60. The van der Waals surface area contributed by atoms with Gasteiger partial charge in [-0.3, -0.25) is 4.57 Å². The predicted octanol–water partition coefficient (Wildman–Crippen LogP) is 6.82. The van der Waals surface area contributed by atoms with Gasteiger partial charge in [0, 0.05) is 22.7 Å². The van der Waals surface area contributed by atoms with Crippen molar-refractivity contribution in [3.8, 4) is 39.9 Å². The molecule has 0 bridgehead atoms. The highest BCUT2D eigenvalue weighted by Gasteiger charge is 2.17. The van der Waals surface area contributed by atoms with Crippen LogP contribution in [0, 0.1) is 6.92 Å². The van der Waals surface area contributed by atoms with Gasteiger partial charge in [-0.1, -0.05) is 109 Å². The Hall–Kier alpha value is -4.35. The number of hydrogen-bond donors (Lipinski definition) is 0. The lowest BCUT2D eigenvalue weighted by Gasteiger charge is -2.15. The van der Waals surface area contributed by atoms with Gasteiger partial charge in [0.25, 0.3) is 0 Å². The van der Waals surface area contributed by atoms with E-state index in [2.05, 4.69) is 73.2 Å². The van der Waals surface area contributed by atoms with Crippen LogP contribution in [0.4, 0.5) is 0 Å². The van der Waals surface area contributed by atoms with Crippen molar-refractivity contribution in [1.82, 2.24) is 19.5 Å². The topological polar surface area (TPSA) is 43.6 Å². The standard InChI is InChI=1S/C32H28N4Si/c1-22-25(27-16-10-11-17-29(27)37(2)3)18-19-28-26(22)20-21-36(28)32-34-30(23-12-6-4-7-13-23)33-31(35-32)24-14-8-5-9-15-24/h4-21,37H,1-3H3. The van der Waals surface area contributed by atoms with Gasteiger partial charge in [-0.2, -0.15) is 9.97 Å². The largest absolute Gasteiger partial charge is 0.285 e. The summed E-state index contributed by atoms with van der Waals surface area (Å²) in [7, 11) is -0.968. The van der Waals surface area contributed by atoms with Crippen LogP contribution in [0.15, 0.2) is 109 Å². The zero-order valence-electron chi connectivity index (χ0n) is 21.3. The Morgan fingerprint density at radius 2 is 1.19 bits per heavy atom. The van der Waals surface area contributed by atoms with E-state index in [0.717, 1.165) is 16.6 Å². The van der Waals surface area contributed by atoms with Crippen LogP contribution in [-0.2, 0) is 0 Å². The third-order valence-corrected chi connectivity index (χ3v) is 8.67. The zero-order chi connectivity index (χ0) is 25.4. The van der Waals surface area contributed by atoms with Crippen molar-refractivity contribution in [1.29, 1.82) is 0 Å². The Morgan fingerprint density at radius 3 is 1.81 bits per heavy atom. The quantitative estimate of drug-likeness (QED) is 0.246. The van der Waals surface area contributed by atoms with E-state index < -0.39 is 8.80 Å². The third kappa shape index (κ3) is 4.28. The first kappa shape index (κ1) is 23.1. The highest BCUT2D eigenvalue weighted by atomic mass is 28.3. The van der Waals surface area contributed by atoms with Gasteiger partial charge in [0.2, 0.25) is 5.95 Å². The number of rotatable bonds is 5. The predicted molar refractivity (Wildman–Crippen MR) is 156 cm³/mol. The molecule has 5 heteroatoms. The Labute approximate surface area is 218 Å². The number of aryl methyl sites for hydroxylation is 1. The lowest BCUT2D eigenvalue weighted by Crippen LogP contribution is -2.24. The van der Waals surface area contributed by atoms with Gasteiger partial charge in [-0.05, 0) is 35.7 Å². The van der Waals surface area contributed by atoms with Crippen molar-refractivity contribution < 1.29 is 0 Å². The lowest BCUT2D eigenvalue weighted by atomic mass is 9.98. The van der Waals surface area contributed by atoms with Gasteiger partial charge in [0.15, 0.2) is 11.6 Å². The lowest BCUT2D eigenvalue weighted by molar-refractivity contribution is 0.933. The molecule has 2 aromatic heterocycles. The van der Waals surface area contributed by atoms with Crippen molar-refractivity contribution >= 4 is 24.9 Å². The van der Waals surface area contributed by atoms with Gasteiger partial charge >= 0.3 is 0 Å². The Morgan fingerprint density at radius 1 is 0.595 bits per heavy atom. The number of aromatic nitrogens is 4. The van der Waals surface area contributed by atoms with E-state index in [-0.39, 0.29) is 0 Å². The molecule has 0 fully saturated rings. The minimum Gasteiger partial charge on any atom is -0.285 e. The van der Waals surface area contributed by atoms with Crippen LogP contribution in [0.5, 0.6) is 0 Å². The second-order valence-electron chi connectivity index (χ2n) is 9.61. The van der Waals surface area contributed by atoms with Crippen LogP contribution in [0.3, 0.4) is 0 Å². The number of fused-ring (bicyclic) bond motifs is 1. The van der Waals surface area contributed by atoms with E-state index in [9.17, 15) is 0 Å². The molecule has 180 valence electrons. The number of nitrogens with zero attached hydrogens (tertiary/aromatic N) is 4. The van der Waals surface area contributed by atoms with Crippen molar-refractivity contribution in [2.45, 2.75) is 20.0 Å². The molecule has 0 atom stereocenters. The van der Waals surface area contributed by atoms with Gasteiger partial charge in [0.1, 0.15) is 0 Å². The van der Waals surface area contributed by atoms with Gasteiger partial charge in [0.05, 0.1) is 14.3 Å². The highest BCUT2D eigenvalue weighted by molar-refractivity contribution is 6.72. The maximum Gasteiger partial charge on any atom is 0.238 e. The molecule has 0 saturated heterocycles. The molecule has 0 aliphatic heterocycles. The summed E-state index contributed by atoms with van der Waals surface area (Å²) in [6, 6.07) is 35.7. The summed E-state index contributed by atoms with van der Waals surface area (Å²) in [4.78, 5) is 14.7. The number of hydrogen-bond acceptors (Lipinski definition) is 3. The summed E-state index contributed by atoms with van der Waals surface area (Å²) in [5.74, 6) is 1.94. The van der Waals surface area contributed by atoms with E-state index in [1.54, 1.807) is 0 Å². The molecule has 0 saturated carbocycles. The average molecular weight is 497 g/mol. The minimum atomic E-state index is -0.968. The van der Waals surface area contributed by atoms with E-state index in [4.69, 9.17) is 15.0 Å². The van der Waals surface area contributed by atoms with E-state index in [0.29, 0.717) is 17.6 Å². The van der Waals surface area contributed by atoms with Crippen LogP contribution < -0.4 is 5.19 Å². The molecule has 0 aliphatic rings. The summed E-state index contributed by atoms with van der Waals surface area (Å²) >= 11 is 0. The molecule has 0 spiro atoms. The van der Waals surface area contributed by atoms with Crippen molar-refractivity contribution in [2.75, 3.05) is 0 Å². The minimum absolute atomic E-state index is 0.616. The molecule has 6 rings (SSSR count). The van der Waals surface area contributed by atoms with Crippen LogP contribution >= 0.6 is 0 Å². The molecule has 4 aromatic carbocycles. The van der Waals surface area contributed by atoms with Crippen molar-refractivity contribution in [3.05, 3.63) is 115 Å². The number of benzene rings is 4. The Kier molecular flexibility index (Phi) is 5.99. The fourth-order valence-corrected chi connectivity index (χ4v) is 6.35. The second-order valence-corrected chi connectivity index (χ2v) is 12.5. The maximum absolute atomic E-state index is 4.92. The fourth-order valence-electron chi connectivity index (χ4n) is 4.98. The summed E-state index contributed by atoms with van der Waals surface area (Å²) < 4.78 is 2.08. The molecule has 37 heavy (non-hydrogen) atoms. The summed E-state index contributed by atoms with van der Waals surface area (Å²) in [5, 5.41) is 2.71. The monoisotopic (exact) mass is 496 g/mol. The normalized spacial score (nSPS) is 11.4. The molecule has 4 nitrogen and oxygen atoms in total. The zero-order valence-corrected chi connectivity index (χ0v) is 22.4. The van der Waals surface area contributed by atoms with Crippen LogP contribution in [0.25, 0.3) is 50.8 Å². The smallest absolute Gasteiger partial charge is 0.238 e. The molecule has 0 amide bonds. The SMILES string of the molecule is Cc1c(-c2ccccc2[SiH](C)C)ccc2c1ccn2-c1nc(-c2ccccc2)nc(-c2ccccc2)n1. The molecular weight excluding hydrogens is 468 g/mol. The van der Waals surface area contributed by atoms with Gasteiger partial charge < -0.3 is 0 Å². The molecular formula is C32H28N4Si. The fraction of sp³-hybridized carbons (Fsp3) is 0.0938. The first-order valence-electron chi connectivity index (χ1n) is 12.7. The Balaban J connectivity index is 1.53. The average Bonchev–Trinajstić information content (AvgIpc) is 3.39. The van der Waals surface area contributed by atoms with E-state index >= 15 is 0 Å². The summed E-state index contributed by atoms with van der Waals surface area (Å²) in [6.07, 6.45) is 2.07. The van der Waals surface area contributed by atoms with Gasteiger partial charge in [-0.25, -0.2) is 4.98 Å². The van der Waals surface area contributed by atoms with E-state index in [1.165, 1.54) is 27.3 Å².